The van der Waals surface area contributed by atoms with E-state index in [1.807, 2.05) is 0 Å². The van der Waals surface area contributed by atoms with E-state index in [-0.39, 0.29) is 28.3 Å². The Hall–Kier alpha value is -0.436. The van der Waals surface area contributed by atoms with Crippen LogP contribution in [0.3, 0.4) is 0 Å². The average molecular weight is 415 g/mol. The molecule has 4 nitrogen and oxygen atoms in total. The van der Waals surface area contributed by atoms with Gasteiger partial charge in [0.15, 0.2) is 16.6 Å². The third-order valence-electron chi connectivity index (χ3n) is 6.56. The third-order valence-corrected chi connectivity index (χ3v) is 15.6. The highest BCUT2D eigenvalue weighted by Crippen LogP contribution is 2.42. The van der Waals surface area contributed by atoms with E-state index >= 15 is 0 Å². The fourth-order valence-electron chi connectivity index (χ4n) is 2.84. The molecule has 0 amide bonds. The van der Waals surface area contributed by atoms with Gasteiger partial charge in [-0.2, -0.15) is 0 Å². The van der Waals surface area contributed by atoms with Gasteiger partial charge in [-0.1, -0.05) is 47.1 Å². The van der Waals surface area contributed by atoms with Crippen LogP contribution in [-0.2, 0) is 18.4 Å². The van der Waals surface area contributed by atoms with Gasteiger partial charge in [0.1, 0.15) is 0 Å². The number of carbonyl (C=O) groups excluding carboxylic acids is 1. The SMILES string of the molecule is COC(=O)C=C1C[C@@H](O[Si](C)(C)C(C)(C)C)C[C@H](O[Si](C)(C)C(C)(C)C)C1. The Morgan fingerprint density at radius 1 is 0.889 bits per heavy atom. The largest absolute Gasteiger partial charge is 0.466 e. The van der Waals surface area contributed by atoms with Gasteiger partial charge in [0, 0.05) is 6.08 Å². The Kier molecular flexibility index (Phi) is 7.76. The van der Waals surface area contributed by atoms with E-state index in [2.05, 4.69) is 67.7 Å². The van der Waals surface area contributed by atoms with Crippen molar-refractivity contribution in [2.45, 2.75) is 109 Å². The lowest BCUT2D eigenvalue weighted by Crippen LogP contribution is -2.49. The summed E-state index contributed by atoms with van der Waals surface area (Å²) in [4.78, 5) is 11.8. The molecule has 2 atom stereocenters. The second kappa shape index (κ2) is 8.51. The number of esters is 1. The van der Waals surface area contributed by atoms with Crippen molar-refractivity contribution in [1.29, 1.82) is 0 Å². The second-order valence-electron chi connectivity index (χ2n) is 11.0. The molecule has 158 valence electrons. The monoisotopic (exact) mass is 414 g/mol. The predicted molar refractivity (Wildman–Crippen MR) is 118 cm³/mol. The minimum Gasteiger partial charge on any atom is -0.466 e. The maximum atomic E-state index is 11.8. The van der Waals surface area contributed by atoms with Crippen LogP contribution < -0.4 is 0 Å². The molecule has 0 radical (unpaired) electrons. The van der Waals surface area contributed by atoms with Gasteiger partial charge >= 0.3 is 5.97 Å². The molecule has 27 heavy (non-hydrogen) atoms. The zero-order chi connectivity index (χ0) is 21.3. The van der Waals surface area contributed by atoms with Crippen LogP contribution in [0.15, 0.2) is 11.6 Å². The first-order valence-corrected chi connectivity index (χ1v) is 15.9. The second-order valence-corrected chi connectivity index (χ2v) is 20.5. The normalized spacial score (nSPS) is 22.6. The molecule has 1 saturated carbocycles. The molecule has 0 unspecified atom stereocenters. The smallest absolute Gasteiger partial charge is 0.330 e. The minimum atomic E-state index is -1.88. The van der Waals surface area contributed by atoms with Crippen molar-refractivity contribution in [3.63, 3.8) is 0 Å². The van der Waals surface area contributed by atoms with Crippen molar-refractivity contribution in [3.8, 4) is 0 Å². The van der Waals surface area contributed by atoms with E-state index in [9.17, 15) is 4.79 Å². The molecule has 0 aromatic carbocycles. The van der Waals surface area contributed by atoms with Gasteiger partial charge in [0.25, 0.3) is 0 Å². The molecule has 6 heteroatoms. The molecule has 0 saturated heterocycles. The molecule has 0 spiro atoms. The standard InChI is InChI=1S/C21H42O4Si2/c1-20(2,3)26(8,9)24-17-12-16(14-19(22)23-7)13-18(15-17)25-27(10,11)21(4,5)6/h14,17-18H,12-13,15H2,1-11H3/t17-,18-/m1/s1. The van der Waals surface area contributed by atoms with Crippen LogP contribution >= 0.6 is 0 Å². The van der Waals surface area contributed by atoms with Gasteiger partial charge in [0.2, 0.25) is 0 Å². The van der Waals surface area contributed by atoms with E-state index in [1.54, 1.807) is 6.08 Å². The first-order valence-electron chi connectivity index (χ1n) is 10.1. The number of ether oxygens (including phenoxy) is 1. The Balaban J connectivity index is 3.05. The first kappa shape index (κ1) is 24.6. The van der Waals surface area contributed by atoms with Crippen LogP contribution in [0.4, 0.5) is 0 Å². The van der Waals surface area contributed by atoms with E-state index in [0.717, 1.165) is 24.8 Å². The highest BCUT2D eigenvalue weighted by atomic mass is 28.4. The van der Waals surface area contributed by atoms with Crippen LogP contribution in [0.25, 0.3) is 0 Å². The Labute approximate surface area is 169 Å². The van der Waals surface area contributed by atoms with Crippen LogP contribution in [0.2, 0.25) is 36.3 Å². The van der Waals surface area contributed by atoms with Gasteiger partial charge in [-0.15, -0.1) is 0 Å². The van der Waals surface area contributed by atoms with Crippen molar-refractivity contribution in [1.82, 2.24) is 0 Å². The summed E-state index contributed by atoms with van der Waals surface area (Å²) < 4.78 is 18.3. The fraction of sp³-hybridized carbons (Fsp3) is 0.857. The lowest BCUT2D eigenvalue weighted by atomic mass is 9.90. The fourth-order valence-corrected chi connectivity index (χ4v) is 5.57. The molecule has 1 fully saturated rings. The molecular formula is C21H42O4Si2. The zero-order valence-corrected chi connectivity index (χ0v) is 21.5. The van der Waals surface area contributed by atoms with Crippen LogP contribution in [0.1, 0.15) is 60.8 Å². The Bertz CT molecular complexity index is 516. The van der Waals surface area contributed by atoms with Crippen LogP contribution in [-0.4, -0.2) is 41.9 Å². The van der Waals surface area contributed by atoms with Crippen LogP contribution in [0.5, 0.6) is 0 Å². The summed E-state index contributed by atoms with van der Waals surface area (Å²) in [5.41, 5.74) is 1.08. The lowest BCUT2D eigenvalue weighted by molar-refractivity contribution is -0.134. The van der Waals surface area contributed by atoms with Gasteiger partial charge in [-0.05, 0) is 55.5 Å². The van der Waals surface area contributed by atoms with Gasteiger partial charge in [-0.25, -0.2) is 4.79 Å². The maximum Gasteiger partial charge on any atom is 0.330 e. The zero-order valence-electron chi connectivity index (χ0n) is 19.5. The van der Waals surface area contributed by atoms with Crippen molar-refractivity contribution < 1.29 is 18.4 Å². The maximum absolute atomic E-state index is 11.8. The number of hydrogen-bond acceptors (Lipinski definition) is 4. The van der Waals surface area contributed by atoms with Crippen molar-refractivity contribution in [2.24, 2.45) is 0 Å². The van der Waals surface area contributed by atoms with Gasteiger partial charge in [-0.3, -0.25) is 0 Å². The lowest BCUT2D eigenvalue weighted by Gasteiger charge is -2.45. The Morgan fingerprint density at radius 3 is 1.56 bits per heavy atom. The highest BCUT2D eigenvalue weighted by molar-refractivity contribution is 6.74. The average Bonchev–Trinajstić information content (AvgIpc) is 2.43. The van der Waals surface area contributed by atoms with Crippen molar-refractivity contribution in [3.05, 3.63) is 11.6 Å². The van der Waals surface area contributed by atoms with E-state index in [0.29, 0.717) is 0 Å². The molecule has 0 N–H and O–H groups in total. The number of hydrogen-bond donors (Lipinski definition) is 0. The molecule has 0 aliphatic heterocycles. The van der Waals surface area contributed by atoms with Gasteiger partial charge < -0.3 is 13.6 Å². The summed E-state index contributed by atoms with van der Waals surface area (Å²) in [5, 5.41) is 0.318. The Morgan fingerprint density at radius 2 is 1.26 bits per heavy atom. The summed E-state index contributed by atoms with van der Waals surface area (Å²) in [5.74, 6) is -0.288. The molecule has 0 heterocycles. The quantitative estimate of drug-likeness (QED) is 0.312. The van der Waals surface area contributed by atoms with Crippen molar-refractivity contribution in [2.75, 3.05) is 7.11 Å². The van der Waals surface area contributed by atoms with E-state index < -0.39 is 16.6 Å². The highest BCUT2D eigenvalue weighted by Gasteiger charge is 2.43. The predicted octanol–water partition coefficient (Wildman–Crippen LogP) is 6.05. The number of methoxy groups -OCH3 is 1. The molecule has 1 rings (SSSR count). The van der Waals surface area contributed by atoms with Crippen LogP contribution in [0, 0.1) is 0 Å². The molecule has 1 aliphatic carbocycles. The summed E-state index contributed by atoms with van der Waals surface area (Å²) in [7, 11) is -2.34. The molecule has 0 aromatic heterocycles. The summed E-state index contributed by atoms with van der Waals surface area (Å²) >= 11 is 0. The third kappa shape index (κ3) is 6.84. The van der Waals surface area contributed by atoms with E-state index in [4.69, 9.17) is 13.6 Å². The topological polar surface area (TPSA) is 44.8 Å². The summed E-state index contributed by atoms with van der Waals surface area (Å²) in [6.07, 6.45) is 4.33. The van der Waals surface area contributed by atoms with E-state index in [1.165, 1.54) is 7.11 Å². The molecule has 1 aliphatic rings. The molecule has 0 aromatic rings. The summed E-state index contributed by atoms with van der Waals surface area (Å²) in [6, 6.07) is 0. The number of carbonyl (C=O) groups is 1. The first-order chi connectivity index (χ1) is 12.0. The van der Waals surface area contributed by atoms with Crippen molar-refractivity contribution >= 4 is 22.6 Å². The molecule has 0 bridgehead atoms. The molecular weight excluding hydrogens is 372 g/mol. The van der Waals surface area contributed by atoms with Gasteiger partial charge in [0.05, 0.1) is 19.3 Å². The minimum absolute atomic E-state index is 0.102. The summed E-state index contributed by atoms with van der Waals surface area (Å²) in [6.45, 7) is 22.7. The number of rotatable bonds is 5.